The molecule has 0 amide bonds. The first-order valence-electron chi connectivity index (χ1n) is 16.2. The summed E-state index contributed by atoms with van der Waals surface area (Å²) in [6, 6.07) is 12.6. The minimum Gasteiger partial charge on any atom is -0.488 e. The number of hydrogen-bond acceptors (Lipinski definition) is 12. The van der Waals surface area contributed by atoms with Gasteiger partial charge in [0.05, 0.1) is 13.7 Å². The Balaban J connectivity index is 1.11. The van der Waals surface area contributed by atoms with Gasteiger partial charge in [-0.1, -0.05) is 24.3 Å². The fourth-order valence-corrected chi connectivity index (χ4v) is 8.71. The van der Waals surface area contributed by atoms with Gasteiger partial charge in [0.25, 0.3) is 5.79 Å². The smallest absolute Gasteiger partial charge is 0.330 e. The normalized spacial score (nSPS) is 38.8. The van der Waals surface area contributed by atoms with Gasteiger partial charge in [-0.05, 0) is 85.6 Å². The maximum atomic E-state index is 11.9. The predicted octanol–water partition coefficient (Wildman–Crippen LogP) is 2.59. The zero-order valence-corrected chi connectivity index (χ0v) is 26.4. The van der Waals surface area contributed by atoms with Crippen LogP contribution in [0, 0.1) is 23.7 Å². The van der Waals surface area contributed by atoms with Crippen molar-refractivity contribution in [3.63, 3.8) is 0 Å². The quantitative estimate of drug-likeness (QED) is 0.169. The lowest BCUT2D eigenvalue weighted by molar-refractivity contribution is -0.645. The zero-order chi connectivity index (χ0) is 32.9. The molecule has 6 fully saturated rings. The van der Waals surface area contributed by atoms with Crippen molar-refractivity contribution in [1.29, 1.82) is 0 Å². The summed E-state index contributed by atoms with van der Waals surface area (Å²) in [6.07, 6.45) is 1.84. The summed E-state index contributed by atoms with van der Waals surface area (Å²) in [5.74, 6) is 1.44. The highest BCUT2D eigenvalue weighted by atomic mass is 17.3. The van der Waals surface area contributed by atoms with Crippen LogP contribution in [-0.4, -0.2) is 83.5 Å². The third kappa shape index (κ3) is 5.44. The first-order chi connectivity index (χ1) is 22.7. The molecule has 254 valence electrons. The number of carbonyl (C=O) groups is 1. The Bertz CT molecular complexity index is 1440. The van der Waals surface area contributed by atoms with Crippen LogP contribution in [0.4, 0.5) is 0 Å². The molecule has 4 aliphatic carbocycles. The topological polar surface area (TPSA) is 163 Å². The van der Waals surface area contributed by atoms with E-state index in [9.17, 15) is 25.2 Å². The molecule has 47 heavy (non-hydrogen) atoms. The summed E-state index contributed by atoms with van der Waals surface area (Å²) in [5, 5.41) is 39.8. The molecule has 3 unspecified atom stereocenters. The summed E-state index contributed by atoms with van der Waals surface area (Å²) in [7, 11) is 2.98. The van der Waals surface area contributed by atoms with E-state index in [1.807, 2.05) is 18.2 Å². The standard InChI is InChI=1S/C35H42O12/c1-41-29(37)10-6-22-5-7-23(35(42-2)34(46-47-35)24-12-20-11-21(14-24)15-25(34)13-20)16-27(22)43-18-19-3-8-26(9-4-19)44-33-32(40)31(39)30(38)28(17-36)45-33/h3-10,16,20-21,24-25,28,30-33,36,38-40H,11-15,17-18H2,1-2H3/b10-6+/t20?,21?,24?,25?,28?,30-,31?,32-,33+,34?,35?/m0/s1. The maximum Gasteiger partial charge on any atom is 0.330 e. The summed E-state index contributed by atoms with van der Waals surface area (Å²) in [4.78, 5) is 24.0. The van der Waals surface area contributed by atoms with E-state index in [1.165, 1.54) is 19.6 Å². The minimum absolute atomic E-state index is 0.167. The van der Waals surface area contributed by atoms with Crippen LogP contribution in [0.3, 0.4) is 0 Å². The van der Waals surface area contributed by atoms with Gasteiger partial charge >= 0.3 is 5.97 Å². The van der Waals surface area contributed by atoms with Crippen LogP contribution in [0.15, 0.2) is 48.5 Å². The lowest BCUT2D eigenvalue weighted by Crippen LogP contribution is -2.76. The highest BCUT2D eigenvalue weighted by Gasteiger charge is 2.76. The second kappa shape index (κ2) is 12.8. The first kappa shape index (κ1) is 32.5. The van der Waals surface area contributed by atoms with Gasteiger partial charge in [0, 0.05) is 24.3 Å². The molecule has 2 saturated heterocycles. The number of rotatable bonds is 10. The van der Waals surface area contributed by atoms with Gasteiger partial charge in [-0.15, -0.1) is 0 Å². The van der Waals surface area contributed by atoms with E-state index in [0.717, 1.165) is 48.6 Å². The van der Waals surface area contributed by atoms with Gasteiger partial charge in [-0.2, -0.15) is 4.89 Å². The second-order valence-corrected chi connectivity index (χ2v) is 13.4. The van der Waals surface area contributed by atoms with Crippen LogP contribution in [0.5, 0.6) is 11.5 Å². The molecule has 2 aliphatic heterocycles. The van der Waals surface area contributed by atoms with Crippen molar-refractivity contribution < 1.29 is 58.7 Å². The summed E-state index contributed by atoms with van der Waals surface area (Å²) in [6.45, 7) is -0.382. The predicted molar refractivity (Wildman–Crippen MR) is 163 cm³/mol. The van der Waals surface area contributed by atoms with Gasteiger partial charge in [0.15, 0.2) is 5.60 Å². The first-order valence-corrected chi connectivity index (χ1v) is 16.2. The van der Waals surface area contributed by atoms with E-state index < -0.39 is 54.7 Å². The molecular formula is C35H42O12. The Kier molecular flexibility index (Phi) is 8.81. The summed E-state index contributed by atoms with van der Waals surface area (Å²) in [5.41, 5.74) is 1.67. The molecule has 0 radical (unpaired) electrons. The fraction of sp³-hybridized carbons (Fsp3) is 0.571. The number of ether oxygens (including phenoxy) is 5. The van der Waals surface area contributed by atoms with E-state index in [1.54, 1.807) is 37.5 Å². The summed E-state index contributed by atoms with van der Waals surface area (Å²) < 4.78 is 28.5. The Hall–Kier alpha value is -3.07. The maximum absolute atomic E-state index is 11.9. The second-order valence-electron chi connectivity index (χ2n) is 13.4. The van der Waals surface area contributed by atoms with Crippen LogP contribution < -0.4 is 9.47 Å². The van der Waals surface area contributed by atoms with Crippen molar-refractivity contribution in [3.05, 3.63) is 65.2 Å². The molecule has 4 bridgehead atoms. The lowest BCUT2D eigenvalue weighted by atomic mass is 9.47. The van der Waals surface area contributed by atoms with E-state index in [0.29, 0.717) is 28.9 Å². The van der Waals surface area contributed by atoms with Crippen LogP contribution in [-0.2, 0) is 41.2 Å². The highest BCUT2D eigenvalue weighted by molar-refractivity contribution is 5.87. The van der Waals surface area contributed by atoms with Gasteiger partial charge in [-0.3, -0.25) is 0 Å². The number of benzene rings is 2. The number of aliphatic hydroxyl groups is 4. The molecule has 4 saturated carbocycles. The molecule has 8 rings (SSSR count). The summed E-state index contributed by atoms with van der Waals surface area (Å²) >= 11 is 0. The van der Waals surface area contributed by atoms with E-state index >= 15 is 0 Å². The largest absolute Gasteiger partial charge is 0.488 e. The van der Waals surface area contributed by atoms with Crippen molar-refractivity contribution in [2.24, 2.45) is 23.7 Å². The molecule has 2 aromatic rings. The van der Waals surface area contributed by atoms with E-state index in [4.69, 9.17) is 33.5 Å². The number of carbonyl (C=O) groups excluding carboxylic acids is 1. The molecule has 4 N–H and O–H groups in total. The molecule has 1 spiro atoms. The Morgan fingerprint density at radius 3 is 2.21 bits per heavy atom. The SMILES string of the molecule is COC(=O)/C=C/c1ccc(C2(OC)OOC23C2CC4CC(C2)CC3C4)cc1OCc1ccc(O[C@@H]2OC(CO)[C@H](O)C(O)[C@@H]2O)cc1. The third-order valence-corrected chi connectivity index (χ3v) is 10.9. The molecule has 0 aromatic heterocycles. The van der Waals surface area contributed by atoms with Gasteiger partial charge in [-0.25, -0.2) is 9.68 Å². The minimum atomic E-state index is -1.54. The van der Waals surface area contributed by atoms with Crippen LogP contribution in [0.2, 0.25) is 0 Å². The highest BCUT2D eigenvalue weighted by Crippen LogP contribution is 2.69. The van der Waals surface area contributed by atoms with Gasteiger partial charge < -0.3 is 44.1 Å². The zero-order valence-electron chi connectivity index (χ0n) is 26.4. The number of methoxy groups -OCH3 is 2. The average molecular weight is 655 g/mol. The Morgan fingerprint density at radius 1 is 0.915 bits per heavy atom. The molecule has 12 heteroatoms. The molecule has 12 nitrogen and oxygen atoms in total. The molecule has 6 atom stereocenters. The fourth-order valence-electron chi connectivity index (χ4n) is 8.71. The van der Waals surface area contributed by atoms with Crippen LogP contribution in [0.1, 0.15) is 48.8 Å². The van der Waals surface area contributed by atoms with Crippen LogP contribution >= 0.6 is 0 Å². The monoisotopic (exact) mass is 654 g/mol. The van der Waals surface area contributed by atoms with E-state index in [2.05, 4.69) is 0 Å². The van der Waals surface area contributed by atoms with Gasteiger partial charge in [0.1, 0.15) is 42.5 Å². The number of aliphatic hydroxyl groups excluding tert-OH is 4. The molecule has 2 heterocycles. The number of esters is 1. The van der Waals surface area contributed by atoms with Crippen molar-refractivity contribution in [2.45, 2.75) is 80.8 Å². The lowest BCUT2D eigenvalue weighted by Gasteiger charge is -2.68. The average Bonchev–Trinajstić information content (AvgIpc) is 3.07. The third-order valence-electron chi connectivity index (χ3n) is 10.9. The molecule has 6 aliphatic rings. The van der Waals surface area contributed by atoms with Crippen molar-refractivity contribution >= 4 is 12.0 Å². The Labute approximate surface area is 272 Å². The molecular weight excluding hydrogens is 612 g/mol. The molecule has 2 aromatic carbocycles. The van der Waals surface area contributed by atoms with Crippen molar-refractivity contribution in [1.82, 2.24) is 0 Å². The number of hydrogen-bond donors (Lipinski definition) is 4. The van der Waals surface area contributed by atoms with E-state index in [-0.39, 0.29) is 6.61 Å². The van der Waals surface area contributed by atoms with Crippen LogP contribution in [0.25, 0.3) is 6.08 Å². The van der Waals surface area contributed by atoms with Crippen molar-refractivity contribution in [2.75, 3.05) is 20.8 Å². The Morgan fingerprint density at radius 2 is 1.62 bits per heavy atom. The van der Waals surface area contributed by atoms with Crippen molar-refractivity contribution in [3.8, 4) is 11.5 Å². The van der Waals surface area contributed by atoms with Gasteiger partial charge in [0.2, 0.25) is 6.29 Å².